The van der Waals surface area contributed by atoms with Crippen molar-refractivity contribution in [3.63, 3.8) is 0 Å². The monoisotopic (exact) mass is 203 g/mol. The molecule has 4 nitrogen and oxygen atoms in total. The molecule has 2 radical (unpaired) electrons. The fourth-order valence-corrected chi connectivity index (χ4v) is 1.27. The lowest BCUT2D eigenvalue weighted by Crippen LogP contribution is -2.03. The second-order valence-corrected chi connectivity index (χ2v) is 3.09. The van der Waals surface area contributed by atoms with Crippen molar-refractivity contribution in [2.45, 2.75) is 19.2 Å². The van der Waals surface area contributed by atoms with Gasteiger partial charge in [0.25, 0.3) is 5.69 Å². The summed E-state index contributed by atoms with van der Waals surface area (Å²) < 4.78 is 0. The third-order valence-corrected chi connectivity index (χ3v) is 2.01. The van der Waals surface area contributed by atoms with Crippen LogP contribution in [0.4, 0.5) is 5.69 Å². The maximum absolute atomic E-state index is 11.6. The van der Waals surface area contributed by atoms with Crippen LogP contribution in [-0.2, 0) is 0 Å². The Morgan fingerprint density at radius 1 is 1.40 bits per heavy atom. The van der Waals surface area contributed by atoms with Gasteiger partial charge in [-0.3, -0.25) is 14.9 Å². The van der Waals surface area contributed by atoms with Crippen molar-refractivity contribution in [2.24, 2.45) is 0 Å². The average molecular weight is 203 g/mol. The number of ketones is 1. The smallest absolute Gasteiger partial charge is 0.280 e. The molecule has 0 aliphatic carbocycles. The highest BCUT2D eigenvalue weighted by molar-refractivity contribution is 6.08. The third kappa shape index (κ3) is 2.90. The van der Waals surface area contributed by atoms with Crippen LogP contribution in [0, 0.1) is 10.1 Å². The van der Waals surface area contributed by atoms with Gasteiger partial charge in [0.2, 0.25) is 0 Å². The van der Waals surface area contributed by atoms with Gasteiger partial charge in [-0.05, 0) is 6.07 Å². The van der Waals surface area contributed by atoms with Gasteiger partial charge in [0, 0.05) is 12.5 Å². The standard InChI is InChI=1S/C10H10BNO3/c11-7-3-6-10(13)8-4-1-2-5-9(8)12(14)15/h1-2,4-5H,3,6-7H2. The van der Waals surface area contributed by atoms with Crippen molar-refractivity contribution >= 4 is 19.3 Å². The summed E-state index contributed by atoms with van der Waals surface area (Å²) in [7, 11) is 5.27. The highest BCUT2D eigenvalue weighted by atomic mass is 16.6. The first-order chi connectivity index (χ1) is 7.16. The van der Waals surface area contributed by atoms with E-state index in [1.54, 1.807) is 6.07 Å². The van der Waals surface area contributed by atoms with Crippen molar-refractivity contribution in [1.29, 1.82) is 0 Å². The number of carbonyl (C=O) groups excluding carboxylic acids is 1. The van der Waals surface area contributed by atoms with E-state index in [0.29, 0.717) is 12.7 Å². The molecule has 1 aromatic carbocycles. The molecule has 0 unspecified atom stereocenters. The molecular formula is C10H10BNO3. The van der Waals surface area contributed by atoms with Crippen LogP contribution in [-0.4, -0.2) is 18.6 Å². The molecule has 0 aromatic heterocycles. The van der Waals surface area contributed by atoms with Gasteiger partial charge in [0.05, 0.1) is 18.3 Å². The SMILES string of the molecule is [B]CCCC(=O)c1ccccc1[N+](=O)[O-]. The number of nitrogens with zero attached hydrogens (tertiary/aromatic N) is 1. The van der Waals surface area contributed by atoms with Gasteiger partial charge in [-0.1, -0.05) is 24.9 Å². The lowest BCUT2D eigenvalue weighted by molar-refractivity contribution is -0.385. The van der Waals surface area contributed by atoms with Gasteiger partial charge in [-0.2, -0.15) is 0 Å². The largest absolute Gasteiger partial charge is 0.294 e. The molecule has 0 spiro atoms. The molecule has 0 amide bonds. The van der Waals surface area contributed by atoms with Crippen LogP contribution < -0.4 is 0 Å². The molecule has 0 aliphatic heterocycles. The predicted octanol–water partition coefficient (Wildman–Crippen LogP) is 2.14. The number of carbonyl (C=O) groups is 1. The molecule has 0 atom stereocenters. The minimum atomic E-state index is -0.546. The Morgan fingerprint density at radius 2 is 2.07 bits per heavy atom. The van der Waals surface area contributed by atoms with E-state index in [-0.39, 0.29) is 23.5 Å². The Kier molecular flexibility index (Phi) is 4.03. The summed E-state index contributed by atoms with van der Waals surface area (Å²) in [6, 6.07) is 5.95. The van der Waals surface area contributed by atoms with E-state index < -0.39 is 4.92 Å². The Bertz CT molecular complexity index is 379. The molecule has 0 bridgehead atoms. The zero-order valence-corrected chi connectivity index (χ0v) is 8.18. The summed E-state index contributed by atoms with van der Waals surface area (Å²) in [5.74, 6) is -0.229. The Hall–Kier alpha value is -1.65. The zero-order chi connectivity index (χ0) is 11.3. The van der Waals surface area contributed by atoms with Crippen LogP contribution in [0.15, 0.2) is 24.3 Å². The van der Waals surface area contributed by atoms with Crippen LogP contribution in [0.2, 0.25) is 6.32 Å². The number of benzene rings is 1. The maximum atomic E-state index is 11.6. The quantitative estimate of drug-likeness (QED) is 0.318. The van der Waals surface area contributed by atoms with Crippen LogP contribution in [0.25, 0.3) is 0 Å². The van der Waals surface area contributed by atoms with Crippen molar-refractivity contribution in [2.75, 3.05) is 0 Å². The minimum Gasteiger partial charge on any atom is -0.294 e. The Morgan fingerprint density at radius 3 is 2.67 bits per heavy atom. The summed E-state index contributed by atoms with van der Waals surface area (Å²) >= 11 is 0. The van der Waals surface area contributed by atoms with Crippen molar-refractivity contribution in [1.82, 2.24) is 0 Å². The van der Waals surface area contributed by atoms with E-state index in [1.807, 2.05) is 0 Å². The third-order valence-electron chi connectivity index (χ3n) is 2.01. The Balaban J connectivity index is 2.92. The molecule has 0 aliphatic rings. The van der Waals surface area contributed by atoms with Crippen LogP contribution >= 0.6 is 0 Å². The van der Waals surface area contributed by atoms with Gasteiger partial charge in [0.1, 0.15) is 0 Å². The lowest BCUT2D eigenvalue weighted by atomic mass is 9.96. The van der Waals surface area contributed by atoms with Crippen molar-refractivity contribution in [3.05, 3.63) is 39.9 Å². The van der Waals surface area contributed by atoms with Crippen molar-refractivity contribution < 1.29 is 9.72 Å². The molecule has 0 heterocycles. The summed E-state index contributed by atoms with van der Waals surface area (Å²) in [6.45, 7) is 0. The van der Waals surface area contributed by atoms with Gasteiger partial charge in [-0.15, -0.1) is 0 Å². The second-order valence-electron chi connectivity index (χ2n) is 3.09. The van der Waals surface area contributed by atoms with E-state index >= 15 is 0 Å². The molecule has 0 N–H and O–H groups in total. The highest BCUT2D eigenvalue weighted by Crippen LogP contribution is 2.19. The zero-order valence-electron chi connectivity index (χ0n) is 8.18. The fourth-order valence-electron chi connectivity index (χ4n) is 1.27. The fraction of sp³-hybridized carbons (Fsp3) is 0.300. The van der Waals surface area contributed by atoms with Crippen LogP contribution in [0.5, 0.6) is 0 Å². The molecule has 0 saturated heterocycles. The summed E-state index contributed by atoms with van der Waals surface area (Å²) in [5, 5.41) is 10.6. The summed E-state index contributed by atoms with van der Waals surface area (Å²) in [4.78, 5) is 21.7. The molecule has 0 saturated carbocycles. The Labute approximate surface area is 88.9 Å². The number of hydrogen-bond donors (Lipinski definition) is 0. The summed E-state index contributed by atoms with van der Waals surface area (Å²) in [5.41, 5.74) is 0.0236. The minimum absolute atomic E-state index is 0.139. The first-order valence-corrected chi connectivity index (χ1v) is 4.63. The molecule has 15 heavy (non-hydrogen) atoms. The predicted molar refractivity (Wildman–Crippen MR) is 57.2 cm³/mol. The van der Waals surface area contributed by atoms with E-state index in [4.69, 9.17) is 7.85 Å². The first-order valence-electron chi connectivity index (χ1n) is 4.63. The summed E-state index contributed by atoms with van der Waals surface area (Å²) in [6.07, 6.45) is 1.21. The maximum Gasteiger partial charge on any atom is 0.280 e. The second kappa shape index (κ2) is 5.29. The molecular weight excluding hydrogens is 193 g/mol. The lowest BCUT2D eigenvalue weighted by Gasteiger charge is -2.00. The van der Waals surface area contributed by atoms with Gasteiger partial charge < -0.3 is 0 Å². The number of nitro groups is 1. The van der Waals surface area contributed by atoms with Gasteiger partial charge >= 0.3 is 0 Å². The molecule has 1 rings (SSSR count). The van der Waals surface area contributed by atoms with Crippen molar-refractivity contribution in [3.8, 4) is 0 Å². The van der Waals surface area contributed by atoms with Gasteiger partial charge in [-0.25, -0.2) is 0 Å². The number of hydrogen-bond acceptors (Lipinski definition) is 3. The van der Waals surface area contributed by atoms with Crippen LogP contribution in [0.3, 0.4) is 0 Å². The van der Waals surface area contributed by atoms with E-state index in [9.17, 15) is 14.9 Å². The van der Waals surface area contributed by atoms with E-state index in [0.717, 1.165) is 0 Å². The van der Waals surface area contributed by atoms with E-state index in [1.165, 1.54) is 18.2 Å². The number of rotatable bonds is 5. The average Bonchev–Trinajstić information content (AvgIpc) is 2.25. The molecule has 76 valence electrons. The molecule has 0 fully saturated rings. The normalized spacial score (nSPS) is 9.87. The topological polar surface area (TPSA) is 60.2 Å². The number of Topliss-reactive ketones (excluding diaryl/α,β-unsaturated/α-hetero) is 1. The van der Waals surface area contributed by atoms with Crippen LogP contribution in [0.1, 0.15) is 23.2 Å². The van der Waals surface area contributed by atoms with E-state index in [2.05, 4.69) is 0 Å². The van der Waals surface area contributed by atoms with Gasteiger partial charge in [0.15, 0.2) is 5.78 Å². The molecule has 1 aromatic rings. The highest BCUT2D eigenvalue weighted by Gasteiger charge is 2.17. The molecule has 5 heteroatoms. The first kappa shape index (κ1) is 11.4. The number of nitro benzene ring substituents is 1. The number of para-hydroxylation sites is 1.